The molecule has 0 aliphatic heterocycles. The van der Waals surface area contributed by atoms with Crippen LogP contribution < -0.4 is 4.74 Å². The van der Waals surface area contributed by atoms with Gasteiger partial charge in [0.15, 0.2) is 17.4 Å². The second-order valence-corrected chi connectivity index (χ2v) is 3.56. The molecule has 0 saturated carbocycles. The topological polar surface area (TPSA) is 9.23 Å². The standard InChI is InChI=1S/C7H3ClF3IO/c1-13-7-3(9)2(8)6(12)4(10)5(7)11/h1H3. The number of ether oxygens (including phenoxy) is 1. The van der Waals surface area contributed by atoms with E-state index in [-0.39, 0.29) is 3.57 Å². The lowest BCUT2D eigenvalue weighted by atomic mass is 10.3. The molecular formula is C7H3ClF3IO. The Balaban J connectivity index is 3.56. The number of hydrogen-bond acceptors (Lipinski definition) is 1. The van der Waals surface area contributed by atoms with E-state index in [0.29, 0.717) is 0 Å². The van der Waals surface area contributed by atoms with Gasteiger partial charge in [0.25, 0.3) is 0 Å². The SMILES string of the molecule is COc1c(F)c(F)c(I)c(Cl)c1F. The van der Waals surface area contributed by atoms with Crippen molar-refractivity contribution in [1.82, 2.24) is 0 Å². The fourth-order valence-electron chi connectivity index (χ4n) is 0.764. The second kappa shape index (κ2) is 3.91. The highest BCUT2D eigenvalue weighted by Gasteiger charge is 2.23. The van der Waals surface area contributed by atoms with E-state index in [4.69, 9.17) is 11.6 Å². The highest BCUT2D eigenvalue weighted by atomic mass is 127. The fourth-order valence-corrected chi connectivity index (χ4v) is 1.41. The maximum atomic E-state index is 13.0. The summed E-state index contributed by atoms with van der Waals surface area (Å²) in [5.74, 6) is -4.46. The molecule has 6 heteroatoms. The smallest absolute Gasteiger partial charge is 0.204 e. The first-order valence-electron chi connectivity index (χ1n) is 3.06. The first kappa shape index (κ1) is 10.9. The molecule has 0 heterocycles. The average Bonchev–Trinajstić information content (AvgIpc) is 2.13. The molecule has 0 aliphatic rings. The quantitative estimate of drug-likeness (QED) is 0.438. The molecule has 0 saturated heterocycles. The maximum absolute atomic E-state index is 13.0. The van der Waals surface area contributed by atoms with Crippen molar-refractivity contribution in [2.45, 2.75) is 0 Å². The van der Waals surface area contributed by atoms with E-state index in [1.807, 2.05) is 0 Å². The Morgan fingerprint density at radius 1 is 1.15 bits per heavy atom. The summed E-state index contributed by atoms with van der Waals surface area (Å²) in [4.78, 5) is 0. The average molecular weight is 322 g/mol. The summed E-state index contributed by atoms with van der Waals surface area (Å²) < 4.78 is 42.9. The lowest BCUT2D eigenvalue weighted by molar-refractivity contribution is 0.345. The minimum absolute atomic E-state index is 0.296. The third-order valence-electron chi connectivity index (χ3n) is 1.37. The molecule has 0 radical (unpaired) electrons. The van der Waals surface area contributed by atoms with Crippen molar-refractivity contribution >= 4 is 34.2 Å². The summed E-state index contributed by atoms with van der Waals surface area (Å²) in [5, 5.41) is -0.476. The summed E-state index contributed by atoms with van der Waals surface area (Å²) in [5.41, 5.74) is 0. The Labute approximate surface area is 91.0 Å². The predicted octanol–water partition coefficient (Wildman–Crippen LogP) is 3.37. The molecule has 1 nitrogen and oxygen atoms in total. The molecule has 0 N–H and O–H groups in total. The minimum atomic E-state index is -1.37. The van der Waals surface area contributed by atoms with Gasteiger partial charge in [-0.05, 0) is 22.6 Å². The van der Waals surface area contributed by atoms with Crippen LogP contribution in [0, 0.1) is 21.0 Å². The monoisotopic (exact) mass is 322 g/mol. The van der Waals surface area contributed by atoms with Gasteiger partial charge in [0.1, 0.15) is 0 Å². The van der Waals surface area contributed by atoms with Crippen molar-refractivity contribution in [3.63, 3.8) is 0 Å². The van der Waals surface area contributed by atoms with E-state index in [0.717, 1.165) is 7.11 Å². The summed E-state index contributed by atoms with van der Waals surface area (Å²) >= 11 is 6.78. The third kappa shape index (κ3) is 1.71. The Bertz CT molecular complexity index is 327. The van der Waals surface area contributed by atoms with Crippen LogP contribution in [0.3, 0.4) is 0 Å². The summed E-state index contributed by atoms with van der Waals surface area (Å²) in [7, 11) is 1.03. The number of benzene rings is 1. The minimum Gasteiger partial charge on any atom is -0.491 e. The van der Waals surface area contributed by atoms with Gasteiger partial charge in [-0.1, -0.05) is 11.6 Å². The summed E-state index contributed by atoms with van der Waals surface area (Å²) in [6.07, 6.45) is 0. The van der Waals surface area contributed by atoms with Gasteiger partial charge >= 0.3 is 0 Å². The van der Waals surface area contributed by atoms with E-state index in [2.05, 4.69) is 4.74 Å². The molecule has 13 heavy (non-hydrogen) atoms. The molecule has 1 aromatic carbocycles. The van der Waals surface area contributed by atoms with E-state index >= 15 is 0 Å². The van der Waals surface area contributed by atoms with Crippen LogP contribution in [0.15, 0.2) is 0 Å². The Morgan fingerprint density at radius 3 is 2.15 bits per heavy atom. The predicted molar refractivity (Wildman–Crippen MR) is 50.6 cm³/mol. The van der Waals surface area contributed by atoms with Gasteiger partial charge in [-0.25, -0.2) is 8.78 Å². The molecule has 0 aliphatic carbocycles. The molecule has 0 bridgehead atoms. The maximum Gasteiger partial charge on any atom is 0.204 e. The highest BCUT2D eigenvalue weighted by Crippen LogP contribution is 2.34. The number of methoxy groups -OCH3 is 1. The van der Waals surface area contributed by atoms with Crippen LogP contribution in [0.4, 0.5) is 13.2 Å². The molecule has 0 unspecified atom stereocenters. The van der Waals surface area contributed by atoms with E-state index < -0.39 is 28.2 Å². The van der Waals surface area contributed by atoms with Crippen LogP contribution in [0.1, 0.15) is 0 Å². The normalized spacial score (nSPS) is 10.3. The first-order chi connectivity index (χ1) is 6.00. The van der Waals surface area contributed by atoms with Crippen LogP contribution in [-0.4, -0.2) is 7.11 Å². The fraction of sp³-hybridized carbons (Fsp3) is 0.143. The van der Waals surface area contributed by atoms with Gasteiger partial charge in [-0.3, -0.25) is 0 Å². The lowest BCUT2D eigenvalue weighted by Crippen LogP contribution is -2.00. The van der Waals surface area contributed by atoms with Crippen molar-refractivity contribution in [2.75, 3.05) is 7.11 Å². The van der Waals surface area contributed by atoms with Crippen molar-refractivity contribution in [3.8, 4) is 5.75 Å². The first-order valence-corrected chi connectivity index (χ1v) is 4.51. The van der Waals surface area contributed by atoms with Crippen LogP contribution in [0.2, 0.25) is 5.02 Å². The zero-order chi connectivity index (χ0) is 10.2. The molecule has 0 aromatic heterocycles. The molecular weight excluding hydrogens is 319 g/mol. The molecule has 0 spiro atoms. The zero-order valence-electron chi connectivity index (χ0n) is 6.30. The Kier molecular flexibility index (Phi) is 3.28. The van der Waals surface area contributed by atoms with E-state index in [9.17, 15) is 13.2 Å². The molecule has 0 amide bonds. The van der Waals surface area contributed by atoms with Crippen molar-refractivity contribution in [2.24, 2.45) is 0 Å². The van der Waals surface area contributed by atoms with E-state index in [1.165, 1.54) is 22.6 Å². The van der Waals surface area contributed by atoms with Crippen molar-refractivity contribution in [1.29, 1.82) is 0 Å². The van der Waals surface area contributed by atoms with Crippen molar-refractivity contribution < 1.29 is 17.9 Å². The van der Waals surface area contributed by atoms with Gasteiger partial charge in [-0.2, -0.15) is 4.39 Å². The van der Waals surface area contributed by atoms with Gasteiger partial charge in [0.05, 0.1) is 15.7 Å². The Hall–Kier alpha value is -0.170. The van der Waals surface area contributed by atoms with Gasteiger partial charge in [0.2, 0.25) is 5.82 Å². The van der Waals surface area contributed by atoms with E-state index in [1.54, 1.807) is 0 Å². The van der Waals surface area contributed by atoms with Gasteiger partial charge in [-0.15, -0.1) is 0 Å². The molecule has 1 rings (SSSR count). The zero-order valence-corrected chi connectivity index (χ0v) is 9.21. The summed E-state index contributed by atoms with van der Waals surface area (Å²) in [6.45, 7) is 0. The number of rotatable bonds is 1. The van der Waals surface area contributed by atoms with Crippen molar-refractivity contribution in [3.05, 3.63) is 26.0 Å². The molecule has 0 fully saturated rings. The number of hydrogen-bond donors (Lipinski definition) is 0. The Morgan fingerprint density at radius 2 is 1.69 bits per heavy atom. The van der Waals surface area contributed by atoms with Gasteiger partial charge in [0, 0.05) is 0 Å². The highest BCUT2D eigenvalue weighted by molar-refractivity contribution is 14.1. The molecule has 1 aromatic rings. The van der Waals surface area contributed by atoms with Crippen LogP contribution >= 0.6 is 34.2 Å². The van der Waals surface area contributed by atoms with Crippen LogP contribution in [0.5, 0.6) is 5.75 Å². The summed E-state index contributed by atoms with van der Waals surface area (Å²) in [6, 6.07) is 0. The van der Waals surface area contributed by atoms with Crippen LogP contribution in [-0.2, 0) is 0 Å². The molecule has 0 atom stereocenters. The third-order valence-corrected chi connectivity index (χ3v) is 3.06. The number of halogens is 5. The van der Waals surface area contributed by atoms with Gasteiger partial charge < -0.3 is 4.74 Å². The second-order valence-electron chi connectivity index (χ2n) is 2.10. The largest absolute Gasteiger partial charge is 0.491 e. The molecule has 72 valence electrons. The van der Waals surface area contributed by atoms with Crippen LogP contribution in [0.25, 0.3) is 0 Å². The lowest BCUT2D eigenvalue weighted by Gasteiger charge is -2.07.